The molecule has 0 aliphatic carbocycles. The lowest BCUT2D eigenvalue weighted by Gasteiger charge is -2.13. The molecule has 1 fully saturated rings. The van der Waals surface area contributed by atoms with E-state index in [1.165, 1.54) is 25.3 Å². The van der Waals surface area contributed by atoms with E-state index in [1.54, 1.807) is 24.3 Å². The molecule has 2 aromatic carbocycles. The standard InChI is InChI=1S/C22H17Cl2N3O5/c1-3-8-32-20-14(23)9-13(10-15(20)24)11-17-21(29)27(22(30)26-17)12-19(28)25-16-6-4-5-7-18(16)31-2/h1,4-7,9-11H,8,12H2,2H3,(H,25,28)(H,26,30)/b17-11+. The third-order valence-corrected chi connectivity index (χ3v) is 4.84. The Morgan fingerprint density at radius 2 is 1.94 bits per heavy atom. The largest absolute Gasteiger partial charge is 0.495 e. The van der Waals surface area contributed by atoms with Crippen LogP contribution in [0.15, 0.2) is 42.1 Å². The zero-order valence-electron chi connectivity index (χ0n) is 16.8. The number of urea groups is 1. The van der Waals surface area contributed by atoms with Crippen molar-refractivity contribution in [2.24, 2.45) is 0 Å². The molecular weight excluding hydrogens is 457 g/mol. The molecule has 0 unspecified atom stereocenters. The van der Waals surface area contributed by atoms with Gasteiger partial charge in [-0.3, -0.25) is 9.59 Å². The second-order valence-electron chi connectivity index (χ2n) is 6.43. The number of hydrogen-bond donors (Lipinski definition) is 2. The minimum absolute atomic E-state index is 0.0136. The SMILES string of the molecule is C#CCOc1c(Cl)cc(/C=C2/NC(=O)N(CC(=O)Nc3ccccc3OC)C2=O)cc1Cl. The number of carbonyl (C=O) groups is 3. The lowest BCUT2D eigenvalue weighted by atomic mass is 10.1. The number of hydrogen-bond acceptors (Lipinski definition) is 5. The van der Waals surface area contributed by atoms with E-state index >= 15 is 0 Å². The number of carbonyl (C=O) groups excluding carboxylic acids is 3. The topological polar surface area (TPSA) is 97.0 Å². The predicted octanol–water partition coefficient (Wildman–Crippen LogP) is 3.55. The Bertz CT molecular complexity index is 1130. The van der Waals surface area contributed by atoms with Crippen molar-refractivity contribution in [3.63, 3.8) is 0 Å². The van der Waals surface area contributed by atoms with Gasteiger partial charge in [0.2, 0.25) is 5.91 Å². The summed E-state index contributed by atoms with van der Waals surface area (Å²) >= 11 is 12.3. The highest BCUT2D eigenvalue weighted by Gasteiger charge is 2.35. The summed E-state index contributed by atoms with van der Waals surface area (Å²) in [6, 6.07) is 9.04. The maximum absolute atomic E-state index is 12.7. The highest BCUT2D eigenvalue weighted by molar-refractivity contribution is 6.37. The number of halogens is 2. The summed E-state index contributed by atoms with van der Waals surface area (Å²) in [6.45, 7) is -0.499. The van der Waals surface area contributed by atoms with Gasteiger partial charge in [-0.15, -0.1) is 6.42 Å². The lowest BCUT2D eigenvalue weighted by molar-refractivity contribution is -0.127. The number of nitrogens with one attached hydrogen (secondary N) is 2. The van der Waals surface area contributed by atoms with E-state index in [0.29, 0.717) is 17.0 Å². The first kappa shape index (κ1) is 23.0. The molecule has 32 heavy (non-hydrogen) atoms. The fraction of sp³-hybridized carbons (Fsp3) is 0.136. The van der Waals surface area contributed by atoms with E-state index in [2.05, 4.69) is 16.6 Å². The van der Waals surface area contributed by atoms with Crippen LogP contribution in [0, 0.1) is 12.3 Å². The normalized spacial score (nSPS) is 14.2. The van der Waals surface area contributed by atoms with Crippen molar-refractivity contribution in [2.45, 2.75) is 0 Å². The van der Waals surface area contributed by atoms with E-state index in [0.717, 1.165) is 4.90 Å². The Labute approximate surface area is 194 Å². The summed E-state index contributed by atoms with van der Waals surface area (Å²) in [5.41, 5.74) is 0.820. The van der Waals surface area contributed by atoms with Crippen LogP contribution in [0.4, 0.5) is 10.5 Å². The van der Waals surface area contributed by atoms with Gasteiger partial charge < -0.3 is 20.1 Å². The number of anilines is 1. The number of benzene rings is 2. The minimum Gasteiger partial charge on any atom is -0.495 e. The van der Waals surface area contributed by atoms with Crippen molar-refractivity contribution >= 4 is 52.8 Å². The summed E-state index contributed by atoms with van der Waals surface area (Å²) in [5.74, 6) is 1.72. The molecule has 164 valence electrons. The van der Waals surface area contributed by atoms with Crippen LogP contribution in [-0.2, 0) is 9.59 Å². The summed E-state index contributed by atoms with van der Waals surface area (Å²) in [6.07, 6.45) is 6.55. The van der Waals surface area contributed by atoms with Crippen molar-refractivity contribution < 1.29 is 23.9 Å². The van der Waals surface area contributed by atoms with Crippen LogP contribution in [-0.4, -0.2) is 43.0 Å². The summed E-state index contributed by atoms with van der Waals surface area (Å²) in [5, 5.41) is 5.41. The summed E-state index contributed by atoms with van der Waals surface area (Å²) in [4.78, 5) is 38.1. The first-order chi connectivity index (χ1) is 15.3. The van der Waals surface area contributed by atoms with Gasteiger partial charge in [-0.25, -0.2) is 9.69 Å². The van der Waals surface area contributed by atoms with Crippen molar-refractivity contribution in [1.82, 2.24) is 10.2 Å². The zero-order valence-corrected chi connectivity index (χ0v) is 18.3. The lowest BCUT2D eigenvalue weighted by Crippen LogP contribution is -2.38. The van der Waals surface area contributed by atoms with Gasteiger partial charge in [0.15, 0.2) is 5.75 Å². The van der Waals surface area contributed by atoms with Crippen molar-refractivity contribution in [2.75, 3.05) is 25.6 Å². The number of terminal acetylenes is 1. The third-order valence-electron chi connectivity index (χ3n) is 4.28. The van der Waals surface area contributed by atoms with Crippen LogP contribution in [0.3, 0.4) is 0 Å². The van der Waals surface area contributed by atoms with Crippen LogP contribution < -0.4 is 20.1 Å². The molecule has 0 radical (unpaired) electrons. The highest BCUT2D eigenvalue weighted by atomic mass is 35.5. The summed E-state index contributed by atoms with van der Waals surface area (Å²) in [7, 11) is 1.46. The monoisotopic (exact) mass is 473 g/mol. The molecule has 0 saturated carbocycles. The van der Waals surface area contributed by atoms with Crippen LogP contribution in [0.25, 0.3) is 6.08 Å². The number of ether oxygens (including phenoxy) is 2. The number of imide groups is 1. The molecule has 4 amide bonds. The highest BCUT2D eigenvalue weighted by Crippen LogP contribution is 2.35. The number of nitrogens with zero attached hydrogens (tertiary/aromatic N) is 1. The molecule has 0 aromatic heterocycles. The van der Waals surface area contributed by atoms with Gasteiger partial charge in [0.1, 0.15) is 24.6 Å². The molecule has 3 rings (SSSR count). The van der Waals surface area contributed by atoms with Gasteiger partial charge in [0.05, 0.1) is 22.8 Å². The van der Waals surface area contributed by atoms with Crippen LogP contribution in [0.1, 0.15) is 5.56 Å². The van der Waals surface area contributed by atoms with Gasteiger partial charge in [-0.05, 0) is 35.9 Å². The number of para-hydroxylation sites is 2. The second-order valence-corrected chi connectivity index (χ2v) is 7.25. The van der Waals surface area contributed by atoms with E-state index in [4.69, 9.17) is 39.1 Å². The van der Waals surface area contributed by atoms with E-state index in [-0.39, 0.29) is 28.1 Å². The molecule has 1 aliphatic heterocycles. The minimum atomic E-state index is -0.734. The Hall–Kier alpha value is -3.67. The molecule has 1 aliphatic rings. The van der Waals surface area contributed by atoms with E-state index in [1.807, 2.05) is 0 Å². The molecule has 1 saturated heterocycles. The molecule has 2 aromatic rings. The van der Waals surface area contributed by atoms with Gasteiger partial charge in [0, 0.05) is 0 Å². The van der Waals surface area contributed by atoms with E-state index < -0.39 is 24.4 Å². The van der Waals surface area contributed by atoms with Crippen molar-refractivity contribution in [3.05, 3.63) is 57.7 Å². The van der Waals surface area contributed by atoms with E-state index in [9.17, 15) is 14.4 Å². The fourth-order valence-electron chi connectivity index (χ4n) is 2.88. The zero-order chi connectivity index (χ0) is 23.3. The number of amides is 4. The molecule has 0 spiro atoms. The predicted molar refractivity (Wildman–Crippen MR) is 121 cm³/mol. The number of rotatable bonds is 7. The molecule has 1 heterocycles. The smallest absolute Gasteiger partial charge is 0.329 e. The number of methoxy groups -OCH3 is 1. The van der Waals surface area contributed by atoms with Crippen LogP contribution in [0.5, 0.6) is 11.5 Å². The Balaban J connectivity index is 1.74. The average Bonchev–Trinajstić information content (AvgIpc) is 3.01. The first-order valence-corrected chi connectivity index (χ1v) is 9.92. The van der Waals surface area contributed by atoms with Crippen LogP contribution in [0.2, 0.25) is 10.0 Å². The van der Waals surface area contributed by atoms with Gasteiger partial charge in [-0.2, -0.15) is 0 Å². The Morgan fingerprint density at radius 1 is 1.25 bits per heavy atom. The van der Waals surface area contributed by atoms with Crippen molar-refractivity contribution in [3.8, 4) is 23.8 Å². The second kappa shape index (κ2) is 10.1. The molecule has 0 atom stereocenters. The summed E-state index contributed by atoms with van der Waals surface area (Å²) < 4.78 is 10.5. The molecule has 8 nitrogen and oxygen atoms in total. The van der Waals surface area contributed by atoms with Gasteiger partial charge in [-0.1, -0.05) is 41.3 Å². The third kappa shape index (κ3) is 5.14. The Kier molecular flexibility index (Phi) is 7.25. The first-order valence-electron chi connectivity index (χ1n) is 9.16. The maximum atomic E-state index is 12.7. The molecular formula is C22H17Cl2N3O5. The fourth-order valence-corrected chi connectivity index (χ4v) is 3.49. The molecule has 10 heteroatoms. The van der Waals surface area contributed by atoms with Gasteiger partial charge in [0.25, 0.3) is 5.91 Å². The van der Waals surface area contributed by atoms with Crippen LogP contribution >= 0.6 is 23.2 Å². The Morgan fingerprint density at radius 3 is 2.59 bits per heavy atom. The molecule has 2 N–H and O–H groups in total. The molecule has 0 bridgehead atoms. The quantitative estimate of drug-likeness (QED) is 0.364. The van der Waals surface area contributed by atoms with Gasteiger partial charge >= 0.3 is 6.03 Å². The van der Waals surface area contributed by atoms with Crippen molar-refractivity contribution in [1.29, 1.82) is 0 Å². The average molecular weight is 474 g/mol. The maximum Gasteiger partial charge on any atom is 0.329 e.